The number of carbonyl (C=O) groups is 2. The molecule has 18 heavy (non-hydrogen) atoms. The summed E-state index contributed by atoms with van der Waals surface area (Å²) in [7, 11) is 2.66. The summed E-state index contributed by atoms with van der Waals surface area (Å²) < 4.78 is 9.44. The van der Waals surface area contributed by atoms with Crippen LogP contribution < -0.4 is 0 Å². The Morgan fingerprint density at radius 2 is 1.39 bits per heavy atom. The fourth-order valence-electron chi connectivity index (χ4n) is 1.83. The standard InChI is InChI=1S/C14H24O4/c1-5-7-8-9-10-12(14(16)18-4)11(6-2)13(15)17-3/h5-10H2,1-4H3. The zero-order valence-electron chi connectivity index (χ0n) is 11.9. The molecule has 104 valence electrons. The first-order valence-electron chi connectivity index (χ1n) is 6.50. The summed E-state index contributed by atoms with van der Waals surface area (Å²) in [6, 6.07) is 0. The Hall–Kier alpha value is -1.32. The van der Waals surface area contributed by atoms with Crippen molar-refractivity contribution in [2.45, 2.75) is 52.4 Å². The van der Waals surface area contributed by atoms with E-state index in [9.17, 15) is 9.59 Å². The van der Waals surface area contributed by atoms with E-state index >= 15 is 0 Å². The van der Waals surface area contributed by atoms with Crippen LogP contribution in [-0.2, 0) is 19.1 Å². The summed E-state index contributed by atoms with van der Waals surface area (Å²) in [4.78, 5) is 23.3. The Morgan fingerprint density at radius 3 is 1.83 bits per heavy atom. The number of carbonyl (C=O) groups excluding carboxylic acids is 2. The fraction of sp³-hybridized carbons (Fsp3) is 0.714. The average Bonchev–Trinajstić information content (AvgIpc) is 2.40. The molecule has 0 rings (SSSR count). The van der Waals surface area contributed by atoms with E-state index in [-0.39, 0.29) is 0 Å². The van der Waals surface area contributed by atoms with E-state index in [4.69, 9.17) is 9.47 Å². The van der Waals surface area contributed by atoms with E-state index in [1.165, 1.54) is 14.2 Å². The lowest BCUT2D eigenvalue weighted by molar-refractivity contribution is -0.139. The van der Waals surface area contributed by atoms with Gasteiger partial charge in [0.05, 0.1) is 14.2 Å². The predicted molar refractivity (Wildman–Crippen MR) is 70.1 cm³/mol. The van der Waals surface area contributed by atoms with Crippen molar-refractivity contribution in [2.24, 2.45) is 0 Å². The van der Waals surface area contributed by atoms with E-state index < -0.39 is 11.9 Å². The molecule has 4 heteroatoms. The zero-order chi connectivity index (χ0) is 14.0. The molecule has 0 saturated carbocycles. The molecule has 0 spiro atoms. The molecule has 0 aliphatic rings. The van der Waals surface area contributed by atoms with Gasteiger partial charge in [-0.25, -0.2) is 9.59 Å². The second-order valence-electron chi connectivity index (χ2n) is 4.10. The number of hydrogen-bond acceptors (Lipinski definition) is 4. The number of methoxy groups -OCH3 is 2. The molecule has 0 heterocycles. The first kappa shape index (κ1) is 16.7. The maximum Gasteiger partial charge on any atom is 0.334 e. The van der Waals surface area contributed by atoms with Crippen LogP contribution in [0.15, 0.2) is 11.1 Å². The highest BCUT2D eigenvalue weighted by molar-refractivity contribution is 6.00. The molecule has 0 N–H and O–H groups in total. The molecule has 0 bridgehead atoms. The minimum absolute atomic E-state index is 0.422. The topological polar surface area (TPSA) is 52.6 Å². The van der Waals surface area contributed by atoms with E-state index in [2.05, 4.69) is 6.92 Å². The third-order valence-electron chi connectivity index (χ3n) is 2.86. The predicted octanol–water partition coefficient (Wildman–Crippen LogP) is 3.01. The van der Waals surface area contributed by atoms with Gasteiger partial charge >= 0.3 is 11.9 Å². The summed E-state index contributed by atoms with van der Waals surface area (Å²) >= 11 is 0. The third kappa shape index (κ3) is 5.34. The van der Waals surface area contributed by atoms with Crippen LogP contribution in [0, 0.1) is 0 Å². The highest BCUT2D eigenvalue weighted by Gasteiger charge is 2.20. The Kier molecular flexibility index (Phi) is 8.97. The van der Waals surface area contributed by atoms with Crippen LogP contribution in [0.4, 0.5) is 0 Å². The quantitative estimate of drug-likeness (QED) is 0.380. The van der Waals surface area contributed by atoms with Crippen LogP contribution in [-0.4, -0.2) is 26.2 Å². The summed E-state index contributed by atoms with van der Waals surface area (Å²) in [5.74, 6) is -0.859. The van der Waals surface area contributed by atoms with Gasteiger partial charge in [0.15, 0.2) is 0 Å². The average molecular weight is 256 g/mol. The van der Waals surface area contributed by atoms with Crippen molar-refractivity contribution in [3.05, 3.63) is 11.1 Å². The molecule has 0 amide bonds. The van der Waals surface area contributed by atoms with Crippen molar-refractivity contribution < 1.29 is 19.1 Å². The van der Waals surface area contributed by atoms with Crippen molar-refractivity contribution in [3.63, 3.8) is 0 Å². The third-order valence-corrected chi connectivity index (χ3v) is 2.86. The van der Waals surface area contributed by atoms with E-state index in [0.717, 1.165) is 25.7 Å². The van der Waals surface area contributed by atoms with Crippen LogP contribution in [0.5, 0.6) is 0 Å². The molecule has 0 atom stereocenters. The van der Waals surface area contributed by atoms with Crippen LogP contribution in [0.2, 0.25) is 0 Å². The molecule has 0 fully saturated rings. The monoisotopic (exact) mass is 256 g/mol. The lowest BCUT2D eigenvalue weighted by Crippen LogP contribution is -2.14. The van der Waals surface area contributed by atoms with Crippen molar-refractivity contribution in [2.75, 3.05) is 14.2 Å². The SMILES string of the molecule is CCCCCCC(C(=O)OC)=C(CC)C(=O)OC. The Morgan fingerprint density at radius 1 is 0.833 bits per heavy atom. The smallest absolute Gasteiger partial charge is 0.334 e. The fourth-order valence-corrected chi connectivity index (χ4v) is 1.83. The minimum Gasteiger partial charge on any atom is -0.466 e. The summed E-state index contributed by atoms with van der Waals surface area (Å²) in [6.07, 6.45) is 5.26. The van der Waals surface area contributed by atoms with Gasteiger partial charge in [-0.2, -0.15) is 0 Å². The highest BCUT2D eigenvalue weighted by Crippen LogP contribution is 2.19. The van der Waals surface area contributed by atoms with Crippen molar-refractivity contribution in [1.82, 2.24) is 0 Å². The van der Waals surface area contributed by atoms with E-state index in [1.54, 1.807) is 0 Å². The van der Waals surface area contributed by atoms with Gasteiger partial charge in [-0.05, 0) is 19.3 Å². The van der Waals surface area contributed by atoms with Gasteiger partial charge in [0.2, 0.25) is 0 Å². The Bertz CT molecular complexity index is 305. The van der Waals surface area contributed by atoms with Gasteiger partial charge < -0.3 is 9.47 Å². The largest absolute Gasteiger partial charge is 0.466 e. The van der Waals surface area contributed by atoms with Crippen LogP contribution in [0.3, 0.4) is 0 Å². The maximum atomic E-state index is 11.7. The first-order chi connectivity index (χ1) is 8.62. The van der Waals surface area contributed by atoms with Crippen LogP contribution in [0.1, 0.15) is 52.4 Å². The molecule has 4 nitrogen and oxygen atoms in total. The number of hydrogen-bond donors (Lipinski definition) is 0. The van der Waals surface area contributed by atoms with Gasteiger partial charge in [-0.15, -0.1) is 0 Å². The molecule has 0 aliphatic heterocycles. The molecule has 0 aromatic heterocycles. The molecular weight excluding hydrogens is 232 g/mol. The maximum absolute atomic E-state index is 11.7. The van der Waals surface area contributed by atoms with Crippen molar-refractivity contribution >= 4 is 11.9 Å². The highest BCUT2D eigenvalue weighted by atomic mass is 16.5. The van der Waals surface area contributed by atoms with Crippen LogP contribution >= 0.6 is 0 Å². The summed E-state index contributed by atoms with van der Waals surface area (Å²) in [5.41, 5.74) is 0.892. The lowest BCUT2D eigenvalue weighted by Gasteiger charge is -2.11. The van der Waals surface area contributed by atoms with E-state index in [1.807, 2.05) is 6.92 Å². The van der Waals surface area contributed by atoms with Gasteiger partial charge in [0.25, 0.3) is 0 Å². The van der Waals surface area contributed by atoms with Gasteiger partial charge in [0.1, 0.15) is 0 Å². The van der Waals surface area contributed by atoms with Crippen LogP contribution in [0.25, 0.3) is 0 Å². The molecule has 0 aliphatic carbocycles. The first-order valence-corrected chi connectivity index (χ1v) is 6.50. The molecular formula is C14H24O4. The molecule has 0 radical (unpaired) electrons. The van der Waals surface area contributed by atoms with Gasteiger partial charge in [-0.1, -0.05) is 33.1 Å². The van der Waals surface area contributed by atoms with Crippen molar-refractivity contribution in [1.29, 1.82) is 0 Å². The van der Waals surface area contributed by atoms with Gasteiger partial charge in [0, 0.05) is 11.1 Å². The second-order valence-corrected chi connectivity index (χ2v) is 4.10. The molecule has 0 aromatic carbocycles. The summed E-state index contributed by atoms with van der Waals surface area (Å²) in [5, 5.41) is 0. The minimum atomic E-state index is -0.437. The summed E-state index contributed by atoms with van der Waals surface area (Å²) in [6.45, 7) is 3.96. The molecule has 0 unspecified atom stereocenters. The lowest BCUT2D eigenvalue weighted by atomic mass is 9.99. The van der Waals surface area contributed by atoms with Gasteiger partial charge in [-0.3, -0.25) is 0 Å². The molecule has 0 aromatic rings. The Labute approximate surface area is 109 Å². The Balaban J connectivity index is 4.88. The normalized spacial score (nSPS) is 11.8. The second kappa shape index (κ2) is 9.68. The number of rotatable bonds is 8. The number of ether oxygens (including phenoxy) is 2. The number of esters is 2. The molecule has 0 saturated heterocycles. The van der Waals surface area contributed by atoms with E-state index in [0.29, 0.717) is 24.0 Å². The number of unbranched alkanes of at least 4 members (excludes halogenated alkanes) is 3. The van der Waals surface area contributed by atoms with Crippen molar-refractivity contribution in [3.8, 4) is 0 Å². The zero-order valence-corrected chi connectivity index (χ0v) is 11.9.